The molecule has 5 nitrogen and oxygen atoms in total. The van der Waals surface area contributed by atoms with Gasteiger partial charge in [0.2, 0.25) is 0 Å². The third-order valence-electron chi connectivity index (χ3n) is 7.23. The smallest absolute Gasteiger partial charge is 0.255 e. The molecule has 220 valence electrons. The van der Waals surface area contributed by atoms with Crippen molar-refractivity contribution in [2.75, 3.05) is 10.6 Å². The van der Waals surface area contributed by atoms with Crippen molar-refractivity contribution in [3.05, 3.63) is 88.8 Å². The van der Waals surface area contributed by atoms with Crippen LogP contribution in [0, 0.1) is 0 Å². The third kappa shape index (κ3) is 8.62. The van der Waals surface area contributed by atoms with Gasteiger partial charge in [-0.25, -0.2) is 13.8 Å². The Labute approximate surface area is 243 Å². The van der Waals surface area contributed by atoms with Crippen LogP contribution in [0.25, 0.3) is 11.0 Å². The minimum atomic E-state index is -0.717. The van der Waals surface area contributed by atoms with Gasteiger partial charge in [-0.2, -0.15) is 0 Å². The van der Waals surface area contributed by atoms with E-state index in [4.69, 9.17) is 0 Å². The summed E-state index contributed by atoms with van der Waals surface area (Å²) in [5.41, 5.74) is 4.13. The van der Waals surface area contributed by atoms with Crippen molar-refractivity contribution in [3.8, 4) is 0 Å². The van der Waals surface area contributed by atoms with Crippen LogP contribution in [0.5, 0.6) is 0 Å². The molecule has 3 rings (SSSR count). The van der Waals surface area contributed by atoms with Crippen molar-refractivity contribution in [1.29, 1.82) is 0 Å². The number of carbonyl (C=O) groups is 1. The predicted molar refractivity (Wildman–Crippen MR) is 168 cm³/mol. The maximum atomic E-state index is 14.7. The van der Waals surface area contributed by atoms with Crippen molar-refractivity contribution in [1.82, 2.24) is 9.97 Å². The molecule has 0 bridgehead atoms. The summed E-state index contributed by atoms with van der Waals surface area (Å²) in [4.78, 5) is 21.2. The second kappa shape index (κ2) is 15.9. The number of amides is 1. The Balaban J connectivity index is 1.81. The van der Waals surface area contributed by atoms with Gasteiger partial charge in [-0.05, 0) is 68.4 Å². The van der Waals surface area contributed by atoms with Gasteiger partial charge >= 0.3 is 0 Å². The topological polar surface area (TPSA) is 69.8 Å². The SMILES string of the molecule is C\C=C(F)/C=C(F)\C(=C\CC)Nc1ccc2c(NC(=O)c3ccc(C(CCC)CCCCC)cc3)c(CC)[nH]c2n1. The van der Waals surface area contributed by atoms with Crippen LogP contribution in [-0.4, -0.2) is 15.9 Å². The van der Waals surface area contributed by atoms with E-state index in [2.05, 4.69) is 46.6 Å². The van der Waals surface area contributed by atoms with Gasteiger partial charge in [0.1, 0.15) is 23.1 Å². The molecule has 7 heteroatoms. The molecule has 3 N–H and O–H groups in total. The standard InChI is InChI=1S/C34H44F2N4O/c1-6-11-12-15-23(13-7-2)24-16-18-25(19-17-24)34(41)40-32-27-20-21-31(39-33(27)38-29(32)10-5)37-30(14-8-3)28(36)22-26(35)9-4/h9,14,16-23H,6-8,10-13,15H2,1-5H3,(H,40,41)(H2,37,38,39)/b26-9+,28-22+,30-14-. The van der Waals surface area contributed by atoms with Crippen molar-refractivity contribution in [3.63, 3.8) is 0 Å². The van der Waals surface area contributed by atoms with E-state index in [0.29, 0.717) is 41.5 Å². The number of halogens is 2. The number of fused-ring (bicyclic) bond motifs is 1. The highest BCUT2D eigenvalue weighted by atomic mass is 19.1. The number of aryl methyl sites for hydroxylation is 1. The minimum Gasteiger partial charge on any atom is -0.341 e. The van der Waals surface area contributed by atoms with E-state index in [1.54, 1.807) is 12.1 Å². The quantitative estimate of drug-likeness (QED) is 0.127. The first kappa shape index (κ1) is 31.8. The van der Waals surface area contributed by atoms with E-state index in [1.165, 1.54) is 44.2 Å². The van der Waals surface area contributed by atoms with E-state index in [1.807, 2.05) is 32.0 Å². The van der Waals surface area contributed by atoms with Gasteiger partial charge in [0.25, 0.3) is 5.91 Å². The lowest BCUT2D eigenvalue weighted by molar-refractivity contribution is 0.102. The molecule has 0 saturated heterocycles. The van der Waals surface area contributed by atoms with Gasteiger partial charge in [0, 0.05) is 22.7 Å². The Morgan fingerprint density at radius 1 is 0.976 bits per heavy atom. The molecule has 2 heterocycles. The molecule has 1 aromatic carbocycles. The Bertz CT molecular complexity index is 1390. The van der Waals surface area contributed by atoms with Crippen LogP contribution in [0.15, 0.2) is 72.0 Å². The number of aromatic amines is 1. The number of allylic oxidation sites excluding steroid dienone is 5. The lowest BCUT2D eigenvalue weighted by Crippen LogP contribution is -2.13. The zero-order chi connectivity index (χ0) is 29.8. The largest absolute Gasteiger partial charge is 0.341 e. The molecule has 0 aliphatic carbocycles. The predicted octanol–water partition coefficient (Wildman–Crippen LogP) is 10.3. The number of rotatable bonds is 15. The van der Waals surface area contributed by atoms with Crippen LogP contribution < -0.4 is 10.6 Å². The summed E-state index contributed by atoms with van der Waals surface area (Å²) >= 11 is 0. The number of H-pyrrole nitrogens is 1. The molecule has 3 aromatic rings. The second-order valence-electron chi connectivity index (χ2n) is 10.3. The minimum absolute atomic E-state index is 0.141. The van der Waals surface area contributed by atoms with E-state index in [0.717, 1.165) is 30.0 Å². The number of unbranched alkanes of at least 4 members (excludes halogenated alkanes) is 2. The zero-order valence-corrected chi connectivity index (χ0v) is 25.0. The maximum Gasteiger partial charge on any atom is 0.255 e. The van der Waals surface area contributed by atoms with E-state index in [9.17, 15) is 13.6 Å². The number of benzene rings is 1. The summed E-state index contributed by atoms with van der Waals surface area (Å²) in [5.74, 6) is -0.629. The first-order chi connectivity index (χ1) is 19.8. The normalized spacial score (nSPS) is 13.5. The van der Waals surface area contributed by atoms with Crippen LogP contribution in [0.3, 0.4) is 0 Å². The highest BCUT2D eigenvalue weighted by Crippen LogP contribution is 2.31. The van der Waals surface area contributed by atoms with Crippen molar-refractivity contribution in [2.45, 2.75) is 91.9 Å². The molecule has 0 fully saturated rings. The molecule has 0 aliphatic heterocycles. The van der Waals surface area contributed by atoms with Crippen LogP contribution in [0.2, 0.25) is 0 Å². The molecule has 0 spiro atoms. The third-order valence-corrected chi connectivity index (χ3v) is 7.23. The van der Waals surface area contributed by atoms with Gasteiger partial charge in [-0.1, -0.05) is 77.7 Å². The number of nitrogens with one attached hydrogen (secondary N) is 3. The maximum absolute atomic E-state index is 14.7. The Kier molecular flexibility index (Phi) is 12.3. The van der Waals surface area contributed by atoms with E-state index >= 15 is 0 Å². The fourth-order valence-corrected chi connectivity index (χ4v) is 4.99. The summed E-state index contributed by atoms with van der Waals surface area (Å²) < 4.78 is 28.3. The lowest BCUT2D eigenvalue weighted by Gasteiger charge is -2.17. The zero-order valence-electron chi connectivity index (χ0n) is 25.0. The van der Waals surface area contributed by atoms with Crippen LogP contribution in [-0.2, 0) is 6.42 Å². The second-order valence-corrected chi connectivity index (χ2v) is 10.3. The van der Waals surface area contributed by atoms with Gasteiger partial charge in [-0.3, -0.25) is 4.79 Å². The fourth-order valence-electron chi connectivity index (χ4n) is 4.99. The van der Waals surface area contributed by atoms with Gasteiger partial charge in [-0.15, -0.1) is 0 Å². The van der Waals surface area contributed by atoms with Crippen LogP contribution in [0.1, 0.15) is 107 Å². The molecule has 0 saturated carbocycles. The highest BCUT2D eigenvalue weighted by Gasteiger charge is 2.17. The fraction of sp³-hybridized carbons (Fsp3) is 0.412. The molecule has 1 amide bonds. The number of aromatic nitrogens is 2. The molecule has 0 radical (unpaired) electrons. The van der Waals surface area contributed by atoms with Gasteiger partial charge in [0.15, 0.2) is 0 Å². The average Bonchev–Trinajstić information content (AvgIpc) is 3.32. The van der Waals surface area contributed by atoms with Crippen LogP contribution >= 0.6 is 0 Å². The first-order valence-electron chi connectivity index (χ1n) is 14.9. The monoisotopic (exact) mass is 562 g/mol. The highest BCUT2D eigenvalue weighted by molar-refractivity contribution is 6.09. The van der Waals surface area contributed by atoms with Crippen molar-refractivity contribution in [2.24, 2.45) is 0 Å². The number of carbonyl (C=O) groups excluding carboxylic acids is 1. The number of anilines is 2. The Morgan fingerprint density at radius 3 is 2.37 bits per heavy atom. The average molecular weight is 563 g/mol. The van der Waals surface area contributed by atoms with Gasteiger partial charge < -0.3 is 15.6 Å². The molecule has 1 atom stereocenters. The molecule has 41 heavy (non-hydrogen) atoms. The first-order valence-corrected chi connectivity index (χ1v) is 14.9. The summed E-state index contributed by atoms with van der Waals surface area (Å²) in [6, 6.07) is 11.6. The molecule has 1 unspecified atom stereocenters. The summed E-state index contributed by atoms with van der Waals surface area (Å²) in [6.45, 7) is 9.82. The van der Waals surface area contributed by atoms with Gasteiger partial charge in [0.05, 0.1) is 11.4 Å². The molecule has 2 aromatic heterocycles. The number of pyridine rings is 1. The molecule has 0 aliphatic rings. The molecular weight excluding hydrogens is 518 g/mol. The van der Waals surface area contributed by atoms with Crippen LogP contribution in [0.4, 0.5) is 20.3 Å². The Morgan fingerprint density at radius 2 is 1.73 bits per heavy atom. The number of nitrogens with zero attached hydrogens (tertiary/aromatic N) is 1. The van der Waals surface area contributed by atoms with Crippen molar-refractivity contribution >= 4 is 28.4 Å². The number of hydrogen-bond donors (Lipinski definition) is 3. The summed E-state index contributed by atoms with van der Waals surface area (Å²) in [7, 11) is 0. The lowest BCUT2D eigenvalue weighted by atomic mass is 9.89. The summed E-state index contributed by atoms with van der Waals surface area (Å²) in [5, 5.41) is 6.80. The molecular formula is C34H44F2N4O. The summed E-state index contributed by atoms with van der Waals surface area (Å²) in [6.07, 6.45) is 12.0. The van der Waals surface area contributed by atoms with Crippen molar-refractivity contribution < 1.29 is 13.6 Å². The Hall–Kier alpha value is -3.74. The van der Waals surface area contributed by atoms with E-state index in [-0.39, 0.29) is 11.6 Å². The van der Waals surface area contributed by atoms with E-state index < -0.39 is 11.7 Å². The number of hydrogen-bond acceptors (Lipinski definition) is 3.